The van der Waals surface area contributed by atoms with E-state index in [-0.39, 0.29) is 0 Å². The Morgan fingerprint density at radius 2 is 1.06 bits per heavy atom. The highest BCUT2D eigenvalue weighted by atomic mass is 32.2. The van der Waals surface area contributed by atoms with Gasteiger partial charge in [0.05, 0.1) is 0 Å². The second-order valence-corrected chi connectivity index (χ2v) is 5.93. The molecule has 3 rings (SSSR count). The van der Waals surface area contributed by atoms with Crippen LogP contribution in [0.5, 0.6) is 0 Å². The minimum Gasteiger partial charge on any atom is -0.381 e. The molecule has 0 aromatic rings. The van der Waals surface area contributed by atoms with Gasteiger partial charge >= 0.3 is 0 Å². The van der Waals surface area contributed by atoms with Crippen molar-refractivity contribution in [3.8, 4) is 0 Å². The van der Waals surface area contributed by atoms with E-state index < -0.39 is 0 Å². The van der Waals surface area contributed by atoms with Crippen molar-refractivity contribution in [2.75, 3.05) is 51.0 Å². The Balaban J connectivity index is 0.000000135. The van der Waals surface area contributed by atoms with Gasteiger partial charge in [-0.05, 0) is 38.5 Å². The van der Waals surface area contributed by atoms with Gasteiger partial charge in [-0.3, -0.25) is 0 Å². The summed E-state index contributed by atoms with van der Waals surface area (Å²) in [5.74, 6) is 2.61. The first-order chi connectivity index (χ1) is 9.00. The van der Waals surface area contributed by atoms with Gasteiger partial charge in [0.1, 0.15) is 0 Å². The second kappa shape index (κ2) is 13.7. The lowest BCUT2D eigenvalue weighted by molar-refractivity contribution is 0.0967. The number of ether oxygens (including phenoxy) is 2. The zero-order chi connectivity index (χ0) is 12.7. The number of nitrogens with one attached hydrogen (secondary N) is 1. The highest BCUT2D eigenvalue weighted by Crippen LogP contribution is 2.02. The van der Waals surface area contributed by atoms with Crippen molar-refractivity contribution in [1.29, 1.82) is 0 Å². The average molecular weight is 275 g/mol. The summed E-state index contributed by atoms with van der Waals surface area (Å²) < 4.78 is 10.1. The molecule has 0 spiro atoms. The van der Waals surface area contributed by atoms with Crippen LogP contribution in [-0.2, 0) is 9.47 Å². The van der Waals surface area contributed by atoms with Gasteiger partial charge in [0.2, 0.25) is 0 Å². The van der Waals surface area contributed by atoms with Gasteiger partial charge in [0.15, 0.2) is 0 Å². The summed E-state index contributed by atoms with van der Waals surface area (Å²) in [4.78, 5) is 0. The highest BCUT2D eigenvalue weighted by molar-refractivity contribution is 7.99. The van der Waals surface area contributed by atoms with Crippen LogP contribution in [0.15, 0.2) is 0 Å². The van der Waals surface area contributed by atoms with Crippen LogP contribution in [0.2, 0.25) is 0 Å². The molecule has 0 unspecified atom stereocenters. The maximum atomic E-state index is 5.07. The van der Waals surface area contributed by atoms with Gasteiger partial charge < -0.3 is 14.8 Å². The molecule has 3 heterocycles. The van der Waals surface area contributed by atoms with Crippen LogP contribution in [0, 0.1) is 0 Å². The second-order valence-electron chi connectivity index (χ2n) is 4.71. The Labute approximate surface area is 116 Å². The first kappa shape index (κ1) is 16.3. The Morgan fingerprint density at radius 1 is 0.611 bits per heavy atom. The lowest BCUT2D eigenvalue weighted by Crippen LogP contribution is -2.24. The zero-order valence-corrected chi connectivity index (χ0v) is 12.4. The summed E-state index contributed by atoms with van der Waals surface area (Å²) in [6.45, 7) is 6.43. The van der Waals surface area contributed by atoms with Gasteiger partial charge in [-0.15, -0.1) is 0 Å². The predicted molar refractivity (Wildman–Crippen MR) is 79.5 cm³/mol. The fourth-order valence-corrected chi connectivity index (χ4v) is 2.67. The first-order valence-corrected chi connectivity index (χ1v) is 8.59. The summed E-state index contributed by atoms with van der Waals surface area (Å²) in [6, 6.07) is 0. The number of rotatable bonds is 0. The van der Waals surface area contributed by atoms with Crippen molar-refractivity contribution in [3.05, 3.63) is 0 Å². The molecular formula is C14H29NO2S. The Morgan fingerprint density at radius 3 is 1.17 bits per heavy atom. The topological polar surface area (TPSA) is 30.5 Å². The van der Waals surface area contributed by atoms with Gasteiger partial charge in [-0.2, -0.15) is 11.8 Å². The number of hydrogen-bond donors (Lipinski definition) is 1. The third-order valence-corrected chi connectivity index (χ3v) is 3.99. The molecule has 0 aliphatic carbocycles. The van der Waals surface area contributed by atoms with Crippen LogP contribution in [0.1, 0.15) is 38.5 Å². The molecule has 0 radical (unpaired) electrons. The van der Waals surface area contributed by atoms with Crippen molar-refractivity contribution in [3.63, 3.8) is 0 Å². The minimum atomic E-state index is 1.00. The van der Waals surface area contributed by atoms with Crippen molar-refractivity contribution in [1.82, 2.24) is 5.32 Å². The quantitative estimate of drug-likeness (QED) is 0.736. The smallest absolute Gasteiger partial charge is 0.0466 e. The highest BCUT2D eigenvalue weighted by Gasteiger charge is 1.95. The molecule has 0 aromatic carbocycles. The Kier molecular flexibility index (Phi) is 12.4. The molecule has 3 saturated heterocycles. The van der Waals surface area contributed by atoms with Gasteiger partial charge in [-0.25, -0.2) is 0 Å². The molecule has 108 valence electrons. The van der Waals surface area contributed by atoms with Crippen molar-refractivity contribution >= 4 is 11.8 Å². The minimum absolute atomic E-state index is 1.00. The number of thioether (sulfide) groups is 1. The van der Waals surface area contributed by atoms with E-state index in [2.05, 4.69) is 5.32 Å². The fraction of sp³-hybridized carbons (Fsp3) is 1.00. The molecule has 3 aliphatic heterocycles. The van der Waals surface area contributed by atoms with Crippen LogP contribution in [-0.4, -0.2) is 51.0 Å². The standard InChI is InChI=1S/2C5H10O.C4H9NS/c2*1-2-4-6-5-3-1;1-3-6-4-2-5-1/h2*1-5H2;5H,1-4H2. The molecule has 3 aliphatic rings. The van der Waals surface area contributed by atoms with Crippen LogP contribution < -0.4 is 5.32 Å². The monoisotopic (exact) mass is 275 g/mol. The van der Waals surface area contributed by atoms with Crippen LogP contribution in [0.3, 0.4) is 0 Å². The van der Waals surface area contributed by atoms with E-state index in [9.17, 15) is 0 Å². The molecular weight excluding hydrogens is 246 g/mol. The molecule has 0 atom stereocenters. The lowest BCUT2D eigenvalue weighted by atomic mass is 10.2. The molecule has 4 heteroatoms. The zero-order valence-electron chi connectivity index (χ0n) is 11.6. The largest absolute Gasteiger partial charge is 0.381 e. The molecule has 0 bridgehead atoms. The third-order valence-electron chi connectivity index (χ3n) is 3.00. The lowest BCUT2D eigenvalue weighted by Gasteiger charge is -2.08. The van der Waals surface area contributed by atoms with E-state index in [0.29, 0.717) is 0 Å². The summed E-state index contributed by atoms with van der Waals surface area (Å²) in [5.41, 5.74) is 0. The van der Waals surface area contributed by atoms with E-state index in [1.807, 2.05) is 11.8 Å². The van der Waals surface area contributed by atoms with Crippen molar-refractivity contribution in [2.45, 2.75) is 38.5 Å². The average Bonchev–Trinajstić information content (AvgIpc) is 2.54. The summed E-state index contributed by atoms with van der Waals surface area (Å²) >= 11 is 2.03. The normalized spacial score (nSPS) is 24.0. The van der Waals surface area contributed by atoms with Crippen molar-refractivity contribution < 1.29 is 9.47 Å². The van der Waals surface area contributed by atoms with Crippen LogP contribution >= 0.6 is 11.8 Å². The molecule has 18 heavy (non-hydrogen) atoms. The SMILES string of the molecule is C1CCOCC1.C1CCOCC1.C1CSCCN1. The molecule has 0 saturated carbocycles. The molecule has 1 N–H and O–H groups in total. The molecule has 0 amide bonds. The summed E-state index contributed by atoms with van der Waals surface area (Å²) in [7, 11) is 0. The number of hydrogen-bond acceptors (Lipinski definition) is 4. The van der Waals surface area contributed by atoms with E-state index in [0.717, 1.165) is 26.4 Å². The van der Waals surface area contributed by atoms with E-state index in [1.54, 1.807) is 0 Å². The van der Waals surface area contributed by atoms with E-state index >= 15 is 0 Å². The van der Waals surface area contributed by atoms with Crippen LogP contribution in [0.25, 0.3) is 0 Å². The van der Waals surface area contributed by atoms with E-state index in [1.165, 1.54) is 63.1 Å². The predicted octanol–water partition coefficient (Wildman–Crippen LogP) is 2.70. The van der Waals surface area contributed by atoms with Crippen molar-refractivity contribution in [2.24, 2.45) is 0 Å². The molecule has 0 aromatic heterocycles. The molecule has 3 fully saturated rings. The summed E-state index contributed by atoms with van der Waals surface area (Å²) in [5, 5.41) is 3.26. The molecule has 3 nitrogen and oxygen atoms in total. The maximum Gasteiger partial charge on any atom is 0.0466 e. The summed E-state index contributed by atoms with van der Waals surface area (Å²) in [6.07, 6.45) is 7.86. The maximum absolute atomic E-state index is 5.07. The fourth-order valence-electron chi connectivity index (χ4n) is 1.89. The van der Waals surface area contributed by atoms with Gasteiger partial charge in [0.25, 0.3) is 0 Å². The first-order valence-electron chi connectivity index (χ1n) is 7.44. The van der Waals surface area contributed by atoms with Gasteiger partial charge in [-0.1, -0.05) is 0 Å². The van der Waals surface area contributed by atoms with Crippen LogP contribution in [0.4, 0.5) is 0 Å². The Bertz CT molecular complexity index is 94.8. The third kappa shape index (κ3) is 11.3. The Hall–Kier alpha value is 0.230. The van der Waals surface area contributed by atoms with Gasteiger partial charge in [0, 0.05) is 51.0 Å². The van der Waals surface area contributed by atoms with E-state index in [4.69, 9.17) is 9.47 Å².